The highest BCUT2D eigenvalue weighted by Crippen LogP contribution is 2.36. The van der Waals surface area contributed by atoms with Crippen molar-refractivity contribution in [1.29, 1.82) is 0 Å². The molecule has 1 unspecified atom stereocenters. The Morgan fingerprint density at radius 3 is 2.80 bits per heavy atom. The predicted molar refractivity (Wildman–Crippen MR) is 80.8 cm³/mol. The van der Waals surface area contributed by atoms with Crippen LogP contribution in [0.1, 0.15) is 22.6 Å². The molecule has 1 atom stereocenters. The van der Waals surface area contributed by atoms with Crippen LogP contribution in [0, 0.1) is 0 Å². The van der Waals surface area contributed by atoms with Gasteiger partial charge >= 0.3 is 0 Å². The molecule has 0 amide bonds. The van der Waals surface area contributed by atoms with Crippen molar-refractivity contribution >= 4 is 11.0 Å². The summed E-state index contributed by atoms with van der Waals surface area (Å²) in [6, 6.07) is 17.2. The van der Waals surface area contributed by atoms with E-state index in [0.29, 0.717) is 5.92 Å². The highest BCUT2D eigenvalue weighted by atomic mass is 16.3. The largest absolute Gasteiger partial charge is 0.464 e. The van der Waals surface area contributed by atoms with Gasteiger partial charge in [-0.15, -0.1) is 0 Å². The average molecular weight is 263 g/mol. The minimum absolute atomic E-state index is 0.422. The van der Waals surface area contributed by atoms with Crippen LogP contribution in [0.2, 0.25) is 0 Å². The maximum Gasteiger partial charge on any atom is 0.134 e. The van der Waals surface area contributed by atoms with Crippen molar-refractivity contribution in [3.05, 3.63) is 71.5 Å². The first-order valence-corrected chi connectivity index (χ1v) is 7.05. The molecule has 4 rings (SSSR count). The Hall–Kier alpha value is -2.06. The predicted octanol–water partition coefficient (Wildman–Crippen LogP) is 4.01. The molecule has 0 bridgehead atoms. The molecule has 2 nitrogen and oxygen atoms in total. The lowest BCUT2D eigenvalue weighted by Gasteiger charge is -2.32. The Balaban J connectivity index is 1.92. The van der Waals surface area contributed by atoms with Crippen LogP contribution < -0.4 is 0 Å². The Morgan fingerprint density at radius 1 is 1.00 bits per heavy atom. The summed E-state index contributed by atoms with van der Waals surface area (Å²) in [7, 11) is 2.19. The molecule has 2 aromatic carbocycles. The van der Waals surface area contributed by atoms with Crippen molar-refractivity contribution in [1.82, 2.24) is 4.90 Å². The third-order valence-corrected chi connectivity index (χ3v) is 4.27. The van der Waals surface area contributed by atoms with Crippen LogP contribution in [0.3, 0.4) is 0 Å². The van der Waals surface area contributed by atoms with Gasteiger partial charge in [-0.05, 0) is 35.9 Å². The Kier molecular flexibility index (Phi) is 2.64. The molecule has 100 valence electrons. The number of furan rings is 1. The first kappa shape index (κ1) is 11.7. The molecule has 0 N–H and O–H groups in total. The smallest absolute Gasteiger partial charge is 0.134 e. The van der Waals surface area contributed by atoms with Gasteiger partial charge < -0.3 is 9.32 Å². The standard InChI is InChI=1S/C18H17NO/c1-19-11-13-5-2-3-6-14(13)17(12-19)15-7-4-8-18-16(15)9-10-20-18/h2-10,17H,11-12H2,1H3. The molecule has 20 heavy (non-hydrogen) atoms. The monoisotopic (exact) mass is 263 g/mol. The van der Waals surface area contributed by atoms with E-state index in [9.17, 15) is 0 Å². The van der Waals surface area contributed by atoms with Crippen molar-refractivity contribution in [2.24, 2.45) is 0 Å². The van der Waals surface area contributed by atoms with E-state index in [1.54, 1.807) is 6.26 Å². The molecule has 1 aliphatic rings. The van der Waals surface area contributed by atoms with Gasteiger partial charge in [-0.2, -0.15) is 0 Å². The molecule has 1 aliphatic heterocycles. The van der Waals surface area contributed by atoms with E-state index in [1.807, 2.05) is 6.07 Å². The Bertz CT molecular complexity index is 759. The SMILES string of the molecule is CN1Cc2ccccc2C(c2cccc3occc23)C1. The molecule has 0 fully saturated rings. The van der Waals surface area contributed by atoms with Crippen LogP contribution in [0.5, 0.6) is 0 Å². The summed E-state index contributed by atoms with van der Waals surface area (Å²) in [6.45, 7) is 2.09. The zero-order chi connectivity index (χ0) is 13.5. The third-order valence-electron chi connectivity index (χ3n) is 4.27. The van der Waals surface area contributed by atoms with Crippen LogP contribution in [-0.2, 0) is 6.54 Å². The second-order valence-electron chi connectivity index (χ2n) is 5.63. The van der Waals surface area contributed by atoms with Crippen LogP contribution in [0.25, 0.3) is 11.0 Å². The summed E-state index contributed by atoms with van der Waals surface area (Å²) < 4.78 is 5.55. The van der Waals surface area contributed by atoms with Crippen LogP contribution in [-0.4, -0.2) is 18.5 Å². The van der Waals surface area contributed by atoms with Gasteiger partial charge in [-0.3, -0.25) is 0 Å². The lowest BCUT2D eigenvalue weighted by atomic mass is 9.83. The number of hydrogen-bond acceptors (Lipinski definition) is 2. The fourth-order valence-corrected chi connectivity index (χ4v) is 3.37. The molecular weight excluding hydrogens is 246 g/mol. The molecule has 0 saturated heterocycles. The van der Waals surface area contributed by atoms with Gasteiger partial charge in [0.15, 0.2) is 0 Å². The number of rotatable bonds is 1. The average Bonchev–Trinajstić information content (AvgIpc) is 2.94. The van der Waals surface area contributed by atoms with E-state index in [-0.39, 0.29) is 0 Å². The van der Waals surface area contributed by atoms with Gasteiger partial charge in [0.05, 0.1) is 6.26 Å². The lowest BCUT2D eigenvalue weighted by molar-refractivity contribution is 0.295. The first-order chi connectivity index (χ1) is 9.83. The second-order valence-corrected chi connectivity index (χ2v) is 5.63. The van der Waals surface area contributed by atoms with Crippen LogP contribution in [0.15, 0.2) is 59.2 Å². The molecule has 0 aliphatic carbocycles. The minimum atomic E-state index is 0.422. The minimum Gasteiger partial charge on any atom is -0.464 e. The van der Waals surface area contributed by atoms with E-state index in [1.165, 1.54) is 22.1 Å². The third kappa shape index (κ3) is 1.76. The normalized spacial score (nSPS) is 19.1. The molecule has 0 saturated carbocycles. The summed E-state index contributed by atoms with van der Waals surface area (Å²) in [5.74, 6) is 0.422. The fourth-order valence-electron chi connectivity index (χ4n) is 3.37. The van der Waals surface area contributed by atoms with Gasteiger partial charge in [0.25, 0.3) is 0 Å². The highest BCUT2D eigenvalue weighted by Gasteiger charge is 2.25. The molecule has 2 heterocycles. The van der Waals surface area contributed by atoms with E-state index in [2.05, 4.69) is 54.4 Å². The molecular formula is C18H17NO. The lowest BCUT2D eigenvalue weighted by Crippen LogP contribution is -2.30. The molecule has 0 radical (unpaired) electrons. The van der Waals surface area contributed by atoms with Crippen molar-refractivity contribution < 1.29 is 4.42 Å². The molecule has 2 heteroatoms. The van der Waals surface area contributed by atoms with Crippen molar-refractivity contribution in [2.45, 2.75) is 12.5 Å². The first-order valence-electron chi connectivity index (χ1n) is 7.05. The zero-order valence-electron chi connectivity index (χ0n) is 11.5. The Morgan fingerprint density at radius 2 is 1.85 bits per heavy atom. The quantitative estimate of drug-likeness (QED) is 0.659. The molecule has 0 spiro atoms. The van der Waals surface area contributed by atoms with Crippen molar-refractivity contribution in [3.63, 3.8) is 0 Å². The number of fused-ring (bicyclic) bond motifs is 2. The fraction of sp³-hybridized carbons (Fsp3) is 0.222. The van der Waals surface area contributed by atoms with Gasteiger partial charge in [0, 0.05) is 24.4 Å². The van der Waals surface area contributed by atoms with Crippen molar-refractivity contribution in [3.8, 4) is 0 Å². The van der Waals surface area contributed by atoms with Crippen molar-refractivity contribution in [2.75, 3.05) is 13.6 Å². The topological polar surface area (TPSA) is 16.4 Å². The number of likely N-dealkylation sites (N-methyl/N-ethyl adjacent to an activating group) is 1. The summed E-state index contributed by atoms with van der Waals surface area (Å²) in [5.41, 5.74) is 5.24. The van der Waals surface area contributed by atoms with Crippen LogP contribution in [0.4, 0.5) is 0 Å². The Labute approximate surface area is 118 Å². The maximum atomic E-state index is 5.55. The van der Waals surface area contributed by atoms with Gasteiger partial charge in [0.1, 0.15) is 5.58 Å². The highest BCUT2D eigenvalue weighted by molar-refractivity contribution is 5.82. The summed E-state index contributed by atoms with van der Waals surface area (Å²) >= 11 is 0. The van der Waals surface area contributed by atoms with E-state index >= 15 is 0 Å². The van der Waals surface area contributed by atoms with E-state index in [4.69, 9.17) is 4.42 Å². The van der Waals surface area contributed by atoms with E-state index in [0.717, 1.165) is 18.7 Å². The summed E-state index contributed by atoms with van der Waals surface area (Å²) in [4.78, 5) is 2.39. The van der Waals surface area contributed by atoms with Gasteiger partial charge in [0.2, 0.25) is 0 Å². The number of hydrogen-bond donors (Lipinski definition) is 0. The number of benzene rings is 2. The van der Waals surface area contributed by atoms with Gasteiger partial charge in [-0.1, -0.05) is 36.4 Å². The zero-order valence-corrected chi connectivity index (χ0v) is 11.5. The van der Waals surface area contributed by atoms with E-state index < -0.39 is 0 Å². The molecule has 3 aromatic rings. The summed E-state index contributed by atoms with van der Waals surface area (Å²) in [6.07, 6.45) is 1.78. The molecule has 1 aromatic heterocycles. The second kappa shape index (κ2) is 4.50. The maximum absolute atomic E-state index is 5.55. The number of nitrogens with zero attached hydrogens (tertiary/aromatic N) is 1. The summed E-state index contributed by atoms with van der Waals surface area (Å²) in [5, 5.41) is 1.24. The van der Waals surface area contributed by atoms with Gasteiger partial charge in [-0.25, -0.2) is 0 Å². The van der Waals surface area contributed by atoms with Crippen LogP contribution >= 0.6 is 0 Å².